The molecule has 0 atom stereocenters. The molecular weight excluding hydrogens is 242 g/mol. The van der Waals surface area contributed by atoms with E-state index in [9.17, 15) is 4.79 Å². The summed E-state index contributed by atoms with van der Waals surface area (Å²) in [5.41, 5.74) is 3.09. The number of nitrogens with zero attached hydrogens (tertiary/aromatic N) is 2. The van der Waals surface area contributed by atoms with Crippen LogP contribution >= 0.6 is 0 Å². The van der Waals surface area contributed by atoms with Crippen LogP contribution in [0.1, 0.15) is 31.7 Å². The van der Waals surface area contributed by atoms with Crippen molar-refractivity contribution in [3.8, 4) is 5.88 Å². The molecule has 1 aromatic rings. The predicted molar refractivity (Wildman–Crippen MR) is 73.8 cm³/mol. The van der Waals surface area contributed by atoms with E-state index in [0.717, 1.165) is 42.3 Å². The lowest BCUT2D eigenvalue weighted by Crippen LogP contribution is -2.31. The Morgan fingerprint density at radius 3 is 2.89 bits per heavy atom. The van der Waals surface area contributed by atoms with Gasteiger partial charge in [-0.1, -0.05) is 0 Å². The summed E-state index contributed by atoms with van der Waals surface area (Å²) in [6.07, 6.45) is 6.29. The van der Waals surface area contributed by atoms with E-state index >= 15 is 0 Å². The summed E-state index contributed by atoms with van der Waals surface area (Å²) < 4.78 is 5.54. The number of anilines is 2. The number of carbonyl (C=O) groups excluding carboxylic acids is 1. The fraction of sp³-hybridized carbons (Fsp3) is 0.571. The topological polar surface area (TPSA) is 54.5 Å². The molecule has 19 heavy (non-hydrogen) atoms. The van der Waals surface area contributed by atoms with Crippen molar-refractivity contribution in [2.75, 3.05) is 29.9 Å². The molecule has 5 heteroatoms. The number of amides is 1. The minimum Gasteiger partial charge on any atom is -0.477 e. The molecular formula is C14H19N3O2. The highest BCUT2D eigenvalue weighted by atomic mass is 16.5. The van der Waals surface area contributed by atoms with E-state index < -0.39 is 0 Å². The molecule has 2 aliphatic heterocycles. The van der Waals surface area contributed by atoms with Crippen LogP contribution in [0.15, 0.2) is 6.20 Å². The second-order valence-electron chi connectivity index (χ2n) is 5.13. The van der Waals surface area contributed by atoms with Gasteiger partial charge in [-0.3, -0.25) is 4.79 Å². The van der Waals surface area contributed by atoms with Gasteiger partial charge in [0.15, 0.2) is 0 Å². The Bertz CT molecular complexity index is 496. The van der Waals surface area contributed by atoms with Gasteiger partial charge in [-0.2, -0.15) is 0 Å². The van der Waals surface area contributed by atoms with Gasteiger partial charge in [0, 0.05) is 32.0 Å². The van der Waals surface area contributed by atoms with Crippen LogP contribution in [-0.2, 0) is 11.2 Å². The van der Waals surface area contributed by atoms with Crippen LogP contribution in [0, 0.1) is 0 Å². The number of nitrogens with one attached hydrogen (secondary N) is 1. The maximum atomic E-state index is 11.4. The van der Waals surface area contributed by atoms with Crippen molar-refractivity contribution < 1.29 is 9.53 Å². The van der Waals surface area contributed by atoms with Gasteiger partial charge in [-0.25, -0.2) is 4.98 Å². The summed E-state index contributed by atoms with van der Waals surface area (Å²) in [4.78, 5) is 18.0. The first kappa shape index (κ1) is 12.3. The number of ether oxygens (including phenoxy) is 1. The van der Waals surface area contributed by atoms with Gasteiger partial charge in [0.05, 0.1) is 24.2 Å². The zero-order valence-corrected chi connectivity index (χ0v) is 11.2. The van der Waals surface area contributed by atoms with E-state index in [2.05, 4.69) is 15.2 Å². The number of aromatic nitrogens is 1. The van der Waals surface area contributed by atoms with Gasteiger partial charge >= 0.3 is 0 Å². The first-order valence-corrected chi connectivity index (χ1v) is 6.93. The summed E-state index contributed by atoms with van der Waals surface area (Å²) in [6, 6.07) is 0. The van der Waals surface area contributed by atoms with Gasteiger partial charge in [0.1, 0.15) is 0 Å². The highest BCUT2D eigenvalue weighted by Crippen LogP contribution is 2.39. The molecule has 1 saturated heterocycles. The highest BCUT2D eigenvalue weighted by molar-refractivity contribution is 5.93. The molecule has 2 aliphatic rings. The molecule has 102 valence electrons. The molecule has 1 aromatic heterocycles. The Morgan fingerprint density at radius 2 is 2.16 bits per heavy atom. The van der Waals surface area contributed by atoms with Crippen LogP contribution in [0.2, 0.25) is 0 Å². The van der Waals surface area contributed by atoms with Crippen LogP contribution in [-0.4, -0.2) is 30.6 Å². The Hall–Kier alpha value is -1.78. The Labute approximate surface area is 113 Å². The molecule has 0 bridgehead atoms. The van der Waals surface area contributed by atoms with E-state index in [-0.39, 0.29) is 5.91 Å². The third kappa shape index (κ3) is 2.37. The van der Waals surface area contributed by atoms with E-state index in [1.807, 2.05) is 0 Å². The molecule has 5 nitrogen and oxygen atoms in total. The average molecular weight is 261 g/mol. The Balaban J connectivity index is 2.01. The molecule has 1 fully saturated rings. The van der Waals surface area contributed by atoms with Crippen molar-refractivity contribution in [2.45, 2.75) is 32.6 Å². The predicted octanol–water partition coefficient (Wildman–Crippen LogP) is 1.97. The first-order valence-electron chi connectivity index (χ1n) is 6.93. The lowest BCUT2D eigenvalue weighted by atomic mass is 10.1. The molecule has 0 saturated carbocycles. The van der Waals surface area contributed by atoms with Crippen molar-refractivity contribution >= 4 is 17.3 Å². The monoisotopic (exact) mass is 261 g/mol. The summed E-state index contributed by atoms with van der Waals surface area (Å²) in [5, 5.41) is 2.90. The minimum absolute atomic E-state index is 0.0566. The maximum Gasteiger partial charge on any atom is 0.221 e. The maximum absolute atomic E-state index is 11.4. The molecule has 0 radical (unpaired) electrons. The number of rotatable bonds is 2. The smallest absolute Gasteiger partial charge is 0.221 e. The zero-order valence-electron chi connectivity index (χ0n) is 11.2. The van der Waals surface area contributed by atoms with Crippen molar-refractivity contribution in [2.24, 2.45) is 0 Å². The number of hydrogen-bond acceptors (Lipinski definition) is 4. The lowest BCUT2D eigenvalue weighted by molar-refractivity contribution is -0.114. The third-order valence-electron chi connectivity index (χ3n) is 3.68. The van der Waals surface area contributed by atoms with Crippen molar-refractivity contribution in [1.29, 1.82) is 0 Å². The number of fused-ring (bicyclic) bond motifs is 1. The lowest BCUT2D eigenvalue weighted by Gasteiger charge is -2.31. The Morgan fingerprint density at radius 1 is 1.37 bits per heavy atom. The minimum atomic E-state index is -0.0566. The van der Waals surface area contributed by atoms with Gasteiger partial charge in [-0.05, 0) is 19.3 Å². The number of carbonyl (C=O) groups is 1. The van der Waals surface area contributed by atoms with Gasteiger partial charge in [-0.15, -0.1) is 0 Å². The average Bonchev–Trinajstić information content (AvgIpc) is 2.87. The molecule has 0 aliphatic carbocycles. The summed E-state index contributed by atoms with van der Waals surface area (Å²) in [6.45, 7) is 4.31. The van der Waals surface area contributed by atoms with E-state index in [1.54, 1.807) is 6.20 Å². The van der Waals surface area contributed by atoms with Crippen molar-refractivity contribution in [1.82, 2.24) is 4.98 Å². The van der Waals surface area contributed by atoms with Crippen molar-refractivity contribution in [3.63, 3.8) is 0 Å². The quantitative estimate of drug-likeness (QED) is 0.884. The molecule has 1 amide bonds. The summed E-state index contributed by atoms with van der Waals surface area (Å²) in [5.74, 6) is 0.675. The molecule has 3 heterocycles. The number of piperidine rings is 1. The summed E-state index contributed by atoms with van der Waals surface area (Å²) >= 11 is 0. The molecule has 0 spiro atoms. The van der Waals surface area contributed by atoms with Crippen LogP contribution in [0.4, 0.5) is 11.4 Å². The van der Waals surface area contributed by atoms with Crippen LogP contribution in [0.25, 0.3) is 0 Å². The normalized spacial score (nSPS) is 17.8. The standard InChI is InChI=1S/C14H19N3O2/c1-10(18)16-12-9-15-14-11(5-8-19-14)13(12)17-6-3-2-4-7-17/h9H,2-8H2,1H3,(H,16,18). The van der Waals surface area contributed by atoms with Crippen molar-refractivity contribution in [3.05, 3.63) is 11.8 Å². The van der Waals surface area contributed by atoms with E-state index in [4.69, 9.17) is 4.74 Å². The number of pyridine rings is 1. The molecule has 3 rings (SSSR count). The fourth-order valence-electron chi connectivity index (χ4n) is 2.89. The Kier molecular flexibility index (Phi) is 3.27. The second kappa shape index (κ2) is 5.07. The second-order valence-corrected chi connectivity index (χ2v) is 5.13. The van der Waals surface area contributed by atoms with Crippen LogP contribution in [0.5, 0.6) is 5.88 Å². The SMILES string of the molecule is CC(=O)Nc1cnc2c(c1N1CCCCC1)CCO2. The van der Waals surface area contributed by atoms with Gasteiger partial charge in [0.2, 0.25) is 11.8 Å². The third-order valence-corrected chi connectivity index (χ3v) is 3.68. The zero-order chi connectivity index (χ0) is 13.2. The molecule has 0 aromatic carbocycles. The van der Waals surface area contributed by atoms with Crippen LogP contribution < -0.4 is 15.0 Å². The fourth-order valence-corrected chi connectivity index (χ4v) is 2.89. The van der Waals surface area contributed by atoms with Crippen LogP contribution in [0.3, 0.4) is 0 Å². The number of hydrogen-bond donors (Lipinski definition) is 1. The van der Waals surface area contributed by atoms with E-state index in [1.165, 1.54) is 26.2 Å². The van der Waals surface area contributed by atoms with Gasteiger partial charge < -0.3 is 15.0 Å². The molecule has 0 unspecified atom stereocenters. The highest BCUT2D eigenvalue weighted by Gasteiger charge is 2.25. The summed E-state index contributed by atoms with van der Waals surface area (Å²) in [7, 11) is 0. The van der Waals surface area contributed by atoms with Gasteiger partial charge in [0.25, 0.3) is 0 Å². The van der Waals surface area contributed by atoms with E-state index in [0.29, 0.717) is 6.61 Å². The first-order chi connectivity index (χ1) is 9.25. The largest absolute Gasteiger partial charge is 0.477 e. The molecule has 1 N–H and O–H groups in total.